The number of thioether (sulfide) groups is 1. The van der Waals surface area contributed by atoms with E-state index in [0.29, 0.717) is 10.2 Å². The van der Waals surface area contributed by atoms with E-state index in [2.05, 4.69) is 36.8 Å². The number of halogens is 3. The van der Waals surface area contributed by atoms with Crippen LogP contribution in [0, 0.1) is 0 Å². The second kappa shape index (κ2) is 6.30. The molecule has 0 fully saturated rings. The Morgan fingerprint density at radius 3 is 2.63 bits per heavy atom. The molecule has 4 nitrogen and oxygen atoms in total. The van der Waals surface area contributed by atoms with Gasteiger partial charge in [0.25, 0.3) is 0 Å². The summed E-state index contributed by atoms with van der Waals surface area (Å²) < 4.78 is 3.39. The van der Waals surface area contributed by atoms with Crippen LogP contribution in [0.3, 0.4) is 0 Å². The minimum atomic E-state index is -0.881. The van der Waals surface area contributed by atoms with Crippen LogP contribution in [0.4, 0.5) is 0 Å². The highest BCUT2D eigenvalue weighted by atomic mass is 79.9. The zero-order valence-corrected chi connectivity index (χ0v) is 14.1. The molecule has 0 radical (unpaired) electrons. The highest BCUT2D eigenvalue weighted by Crippen LogP contribution is 2.34. The summed E-state index contributed by atoms with van der Waals surface area (Å²) in [6.07, 6.45) is 3.39. The quantitative estimate of drug-likeness (QED) is 0.744. The number of hydrogen-bond acceptors (Lipinski definition) is 3. The molecule has 0 spiro atoms. The van der Waals surface area contributed by atoms with E-state index < -0.39 is 5.97 Å². The lowest BCUT2D eigenvalue weighted by Gasteiger charge is -2.11. The lowest BCUT2D eigenvalue weighted by Crippen LogP contribution is -2.02. The van der Waals surface area contributed by atoms with Gasteiger partial charge >= 0.3 is 5.97 Å². The van der Waals surface area contributed by atoms with Gasteiger partial charge in [0.15, 0.2) is 5.16 Å². The van der Waals surface area contributed by atoms with E-state index in [1.165, 1.54) is 0 Å². The number of carboxylic acid groups (broad SMARTS) is 1. The number of carbonyl (C=O) groups is 1. The molecule has 0 unspecified atom stereocenters. The van der Waals surface area contributed by atoms with Crippen LogP contribution in [0.2, 0.25) is 5.02 Å². The van der Waals surface area contributed by atoms with Crippen molar-refractivity contribution >= 4 is 61.2 Å². The van der Waals surface area contributed by atoms with Crippen LogP contribution in [0.15, 0.2) is 38.6 Å². The van der Waals surface area contributed by atoms with Gasteiger partial charge in [0, 0.05) is 26.4 Å². The second-order valence-electron chi connectivity index (χ2n) is 3.48. The van der Waals surface area contributed by atoms with Crippen molar-refractivity contribution in [2.24, 2.45) is 0 Å². The smallest absolute Gasteiger partial charge is 0.313 e. The first-order valence-corrected chi connectivity index (χ1v) is 7.97. The molecule has 0 aliphatic carbocycles. The van der Waals surface area contributed by atoms with Gasteiger partial charge in [0.1, 0.15) is 0 Å². The summed E-state index contributed by atoms with van der Waals surface area (Å²) in [6.45, 7) is 0. The lowest BCUT2D eigenvalue weighted by atomic mass is 10.3. The summed E-state index contributed by atoms with van der Waals surface area (Å²) >= 11 is 14.0. The van der Waals surface area contributed by atoms with Crippen molar-refractivity contribution in [1.29, 1.82) is 0 Å². The van der Waals surface area contributed by atoms with E-state index >= 15 is 0 Å². The van der Waals surface area contributed by atoms with Crippen LogP contribution in [-0.4, -0.2) is 26.4 Å². The monoisotopic (exact) mass is 424 g/mol. The number of aromatic nitrogens is 2. The van der Waals surface area contributed by atoms with Gasteiger partial charge in [-0.05, 0) is 44.0 Å². The standard InChI is InChI=1S/C11H7Br2ClN2O2S/c12-7-3-6(14)4-8(13)10(7)16-2-1-15-11(16)19-5-9(17)18/h1-4H,5H2,(H,17,18). The van der Waals surface area contributed by atoms with Crippen LogP contribution in [0.5, 0.6) is 0 Å². The second-order valence-corrected chi connectivity index (χ2v) is 6.57. The van der Waals surface area contributed by atoms with Crippen molar-refractivity contribution in [3.8, 4) is 5.69 Å². The van der Waals surface area contributed by atoms with E-state index in [1.54, 1.807) is 29.1 Å². The minimum Gasteiger partial charge on any atom is -0.481 e. The van der Waals surface area contributed by atoms with Gasteiger partial charge in [0.05, 0.1) is 11.4 Å². The summed E-state index contributed by atoms with van der Waals surface area (Å²) in [4.78, 5) is 14.8. The highest BCUT2D eigenvalue weighted by molar-refractivity contribution is 9.11. The fraction of sp³-hybridized carbons (Fsp3) is 0.0909. The van der Waals surface area contributed by atoms with Crippen molar-refractivity contribution in [2.75, 3.05) is 5.75 Å². The summed E-state index contributed by atoms with van der Waals surface area (Å²) in [7, 11) is 0. The highest BCUT2D eigenvalue weighted by Gasteiger charge is 2.14. The third kappa shape index (κ3) is 3.53. The topological polar surface area (TPSA) is 55.1 Å². The number of hydrogen-bond donors (Lipinski definition) is 1. The Morgan fingerprint density at radius 2 is 2.05 bits per heavy atom. The first kappa shape index (κ1) is 14.9. The van der Waals surface area contributed by atoms with Gasteiger partial charge in [-0.15, -0.1) is 0 Å². The van der Waals surface area contributed by atoms with Crippen LogP contribution in [-0.2, 0) is 4.79 Å². The maximum Gasteiger partial charge on any atom is 0.313 e. The van der Waals surface area contributed by atoms with Crippen molar-refractivity contribution in [1.82, 2.24) is 9.55 Å². The molecular formula is C11H7Br2ClN2O2S. The Hall–Kier alpha value is -0.500. The molecule has 8 heteroatoms. The number of nitrogens with zero attached hydrogens (tertiary/aromatic N) is 2. The van der Waals surface area contributed by atoms with E-state index in [1.807, 2.05) is 0 Å². The summed E-state index contributed by atoms with van der Waals surface area (Å²) in [5.41, 5.74) is 0.829. The van der Waals surface area contributed by atoms with E-state index in [4.69, 9.17) is 16.7 Å². The maximum absolute atomic E-state index is 10.6. The first-order valence-electron chi connectivity index (χ1n) is 5.02. The van der Waals surface area contributed by atoms with Gasteiger partial charge in [-0.25, -0.2) is 4.98 Å². The lowest BCUT2D eigenvalue weighted by molar-refractivity contribution is -0.133. The van der Waals surface area contributed by atoms with Crippen LogP contribution >= 0.6 is 55.2 Å². The SMILES string of the molecule is O=C(O)CSc1nccn1-c1c(Br)cc(Cl)cc1Br. The number of imidazole rings is 1. The molecule has 0 saturated carbocycles. The van der Waals surface area contributed by atoms with Gasteiger partial charge in [0.2, 0.25) is 0 Å². The Labute approximate surface area is 135 Å². The third-order valence-corrected chi connectivity index (χ3v) is 4.53. The van der Waals surface area contributed by atoms with Gasteiger partial charge < -0.3 is 5.11 Å². The molecule has 0 amide bonds. The van der Waals surface area contributed by atoms with E-state index in [0.717, 1.165) is 26.4 Å². The van der Waals surface area contributed by atoms with Crippen LogP contribution in [0.1, 0.15) is 0 Å². The van der Waals surface area contributed by atoms with Crippen molar-refractivity contribution in [3.63, 3.8) is 0 Å². The average Bonchev–Trinajstić information content (AvgIpc) is 2.73. The molecule has 2 aromatic rings. The minimum absolute atomic E-state index is 0.0418. The molecule has 0 aliphatic rings. The molecule has 0 bridgehead atoms. The van der Waals surface area contributed by atoms with Crippen LogP contribution in [0.25, 0.3) is 5.69 Å². The molecular weight excluding hydrogens is 419 g/mol. The Bertz CT molecular complexity index is 610. The molecule has 19 heavy (non-hydrogen) atoms. The largest absolute Gasteiger partial charge is 0.481 e. The van der Waals surface area contributed by atoms with Crippen molar-refractivity contribution in [3.05, 3.63) is 38.5 Å². The number of rotatable bonds is 4. The fourth-order valence-electron chi connectivity index (χ4n) is 1.46. The van der Waals surface area contributed by atoms with Crippen LogP contribution < -0.4 is 0 Å². The van der Waals surface area contributed by atoms with Gasteiger partial charge in [-0.2, -0.15) is 0 Å². The Kier molecular flexibility index (Phi) is 4.94. The molecule has 1 aromatic heterocycles. The molecule has 0 atom stereocenters. The predicted molar refractivity (Wildman–Crippen MR) is 82.3 cm³/mol. The third-order valence-electron chi connectivity index (χ3n) is 2.15. The number of benzene rings is 1. The van der Waals surface area contributed by atoms with Gasteiger partial charge in [-0.3, -0.25) is 9.36 Å². The van der Waals surface area contributed by atoms with Crippen molar-refractivity contribution in [2.45, 2.75) is 5.16 Å². The molecule has 100 valence electrons. The number of carboxylic acids is 1. The first-order chi connectivity index (χ1) is 8.99. The zero-order chi connectivity index (χ0) is 14.0. The molecule has 2 rings (SSSR count). The van der Waals surface area contributed by atoms with Gasteiger partial charge in [-0.1, -0.05) is 23.4 Å². The molecule has 0 aliphatic heterocycles. The zero-order valence-electron chi connectivity index (χ0n) is 9.31. The summed E-state index contributed by atoms with van der Waals surface area (Å²) in [6, 6.07) is 3.54. The summed E-state index contributed by atoms with van der Waals surface area (Å²) in [5, 5.41) is 9.93. The maximum atomic E-state index is 10.6. The number of aliphatic carboxylic acids is 1. The molecule has 1 heterocycles. The molecule has 0 saturated heterocycles. The van der Waals surface area contributed by atoms with E-state index in [9.17, 15) is 4.79 Å². The van der Waals surface area contributed by atoms with E-state index in [-0.39, 0.29) is 5.75 Å². The predicted octanol–water partition coefficient (Wildman–Crippen LogP) is 4.23. The molecule has 1 N–H and O–H groups in total. The summed E-state index contributed by atoms with van der Waals surface area (Å²) in [5.74, 6) is -0.923. The van der Waals surface area contributed by atoms with Crippen molar-refractivity contribution < 1.29 is 9.90 Å². The average molecular weight is 427 g/mol. The Balaban J connectivity index is 2.43. The fourth-order valence-corrected chi connectivity index (χ4v) is 4.19. The normalized spacial score (nSPS) is 10.7. The molecule has 1 aromatic carbocycles. The Morgan fingerprint density at radius 1 is 1.42 bits per heavy atom.